The molecule has 12 heteroatoms. The zero-order valence-corrected chi connectivity index (χ0v) is 22.1. The Bertz CT molecular complexity index is 1450. The van der Waals surface area contributed by atoms with E-state index in [4.69, 9.17) is 17.0 Å². The van der Waals surface area contributed by atoms with Gasteiger partial charge < -0.3 is 14.8 Å². The molecule has 0 aliphatic heterocycles. The van der Waals surface area contributed by atoms with Crippen molar-refractivity contribution in [3.05, 3.63) is 84.2 Å². The number of nitrogens with zero attached hydrogens (tertiary/aromatic N) is 5. The third-order valence-corrected chi connectivity index (χ3v) is 5.86. The van der Waals surface area contributed by atoms with E-state index < -0.39 is 6.36 Å². The highest BCUT2D eigenvalue weighted by Crippen LogP contribution is 2.24. The van der Waals surface area contributed by atoms with Gasteiger partial charge >= 0.3 is 6.36 Å². The number of nitrogens with one attached hydrogen (secondary N) is 1. The van der Waals surface area contributed by atoms with Gasteiger partial charge in [-0.15, -0.1) is 18.3 Å². The maximum atomic E-state index is 12.4. The lowest BCUT2D eigenvalue weighted by molar-refractivity contribution is -0.274. The highest BCUT2D eigenvalue weighted by molar-refractivity contribution is 7.80. The SMILES string of the molecule is CCN(/N=C/c1ccc(-c2ncn(-c3ccc(OC(F)(F)F)cc3)n2)cc1)C(=S)Nc1ccc(OC)cc1C. The summed E-state index contributed by atoms with van der Waals surface area (Å²) in [6.07, 6.45) is -1.55. The third kappa shape index (κ3) is 7.32. The van der Waals surface area contributed by atoms with Gasteiger partial charge in [0.2, 0.25) is 0 Å². The molecule has 39 heavy (non-hydrogen) atoms. The van der Waals surface area contributed by atoms with Gasteiger partial charge in [0.25, 0.3) is 0 Å². The molecule has 0 fully saturated rings. The normalized spacial score (nSPS) is 11.4. The quantitative estimate of drug-likeness (QED) is 0.158. The summed E-state index contributed by atoms with van der Waals surface area (Å²) in [4.78, 5) is 4.31. The number of methoxy groups -OCH3 is 1. The van der Waals surface area contributed by atoms with Gasteiger partial charge in [0.15, 0.2) is 10.9 Å². The van der Waals surface area contributed by atoms with Crippen molar-refractivity contribution in [3.8, 4) is 28.6 Å². The molecule has 1 aromatic heterocycles. The fourth-order valence-corrected chi connectivity index (χ4v) is 3.82. The van der Waals surface area contributed by atoms with Crippen LogP contribution in [0, 0.1) is 6.92 Å². The largest absolute Gasteiger partial charge is 0.573 e. The smallest absolute Gasteiger partial charge is 0.497 e. The second-order valence-electron chi connectivity index (χ2n) is 8.25. The van der Waals surface area contributed by atoms with Gasteiger partial charge in [-0.1, -0.05) is 24.3 Å². The molecule has 3 aromatic carbocycles. The van der Waals surface area contributed by atoms with Crippen LogP contribution in [0.3, 0.4) is 0 Å². The van der Waals surface area contributed by atoms with Crippen molar-refractivity contribution in [2.45, 2.75) is 20.2 Å². The standard InChI is InChI=1S/C27H25F3N6O2S/c1-4-35(26(39)33-24-14-13-23(37-3)15-18(24)2)32-16-19-5-7-20(8-6-19)25-31-17-36(34-25)21-9-11-22(12-10-21)38-27(28,29)30/h5-17H,4H2,1-3H3,(H,33,39)/b32-16+. The molecular formula is C27H25F3N6O2S. The van der Waals surface area contributed by atoms with Crippen LogP contribution in [-0.4, -0.2) is 51.1 Å². The molecule has 0 bridgehead atoms. The molecule has 0 radical (unpaired) electrons. The molecule has 1 N–H and O–H groups in total. The number of benzene rings is 3. The molecule has 0 amide bonds. The maximum Gasteiger partial charge on any atom is 0.573 e. The van der Waals surface area contributed by atoms with Crippen molar-refractivity contribution >= 4 is 29.2 Å². The monoisotopic (exact) mass is 554 g/mol. The van der Waals surface area contributed by atoms with E-state index in [0.29, 0.717) is 23.2 Å². The lowest BCUT2D eigenvalue weighted by atomic mass is 10.1. The van der Waals surface area contributed by atoms with Crippen LogP contribution < -0.4 is 14.8 Å². The van der Waals surface area contributed by atoms with E-state index in [-0.39, 0.29) is 5.75 Å². The van der Waals surface area contributed by atoms with Crippen molar-refractivity contribution in [2.75, 3.05) is 19.0 Å². The average Bonchev–Trinajstić information content (AvgIpc) is 3.40. The second-order valence-corrected chi connectivity index (χ2v) is 8.63. The maximum absolute atomic E-state index is 12.4. The van der Waals surface area contributed by atoms with E-state index in [1.807, 2.05) is 56.3 Å². The average molecular weight is 555 g/mol. The Morgan fingerprint density at radius 2 is 1.77 bits per heavy atom. The molecule has 0 aliphatic rings. The first-order valence-corrected chi connectivity index (χ1v) is 12.2. The molecule has 4 rings (SSSR count). The Morgan fingerprint density at radius 1 is 1.08 bits per heavy atom. The molecule has 8 nitrogen and oxygen atoms in total. The van der Waals surface area contributed by atoms with Gasteiger partial charge in [0.1, 0.15) is 17.8 Å². The molecule has 0 saturated carbocycles. The first-order chi connectivity index (χ1) is 18.6. The minimum atomic E-state index is -4.74. The number of hydrogen-bond acceptors (Lipinski definition) is 6. The number of alkyl halides is 3. The summed E-state index contributed by atoms with van der Waals surface area (Å²) in [6, 6.07) is 18.5. The van der Waals surface area contributed by atoms with Gasteiger partial charge in [-0.25, -0.2) is 14.7 Å². The van der Waals surface area contributed by atoms with Crippen LogP contribution >= 0.6 is 12.2 Å². The lowest BCUT2D eigenvalue weighted by Gasteiger charge is -2.20. The molecular weight excluding hydrogens is 529 g/mol. The van der Waals surface area contributed by atoms with E-state index in [9.17, 15) is 13.2 Å². The van der Waals surface area contributed by atoms with Crippen LogP contribution in [0.1, 0.15) is 18.1 Å². The van der Waals surface area contributed by atoms with E-state index in [2.05, 4.69) is 25.2 Å². The number of aryl methyl sites for hydroxylation is 1. The molecule has 0 atom stereocenters. The number of hydrogen-bond donors (Lipinski definition) is 1. The Morgan fingerprint density at radius 3 is 2.38 bits per heavy atom. The molecule has 0 aliphatic carbocycles. The van der Waals surface area contributed by atoms with Crippen LogP contribution in [-0.2, 0) is 0 Å². The second kappa shape index (κ2) is 11.9. The van der Waals surface area contributed by atoms with Crippen molar-refractivity contribution in [2.24, 2.45) is 5.10 Å². The summed E-state index contributed by atoms with van der Waals surface area (Å²) in [7, 11) is 1.62. The van der Waals surface area contributed by atoms with Gasteiger partial charge in [0, 0.05) is 17.8 Å². The summed E-state index contributed by atoms with van der Waals surface area (Å²) in [5, 5.41) is 14.3. The Hall–Kier alpha value is -4.45. The summed E-state index contributed by atoms with van der Waals surface area (Å²) in [5.74, 6) is 0.927. The number of thiocarbonyl (C=S) groups is 1. The van der Waals surface area contributed by atoms with Crippen LogP contribution in [0.4, 0.5) is 18.9 Å². The fourth-order valence-electron chi connectivity index (χ4n) is 3.54. The number of ether oxygens (including phenoxy) is 2. The van der Waals surface area contributed by atoms with Gasteiger partial charge in [-0.2, -0.15) is 5.10 Å². The lowest BCUT2D eigenvalue weighted by Crippen LogP contribution is -2.30. The summed E-state index contributed by atoms with van der Waals surface area (Å²) in [5.41, 5.74) is 4.02. The minimum Gasteiger partial charge on any atom is -0.497 e. The van der Waals surface area contributed by atoms with Crippen LogP contribution in [0.5, 0.6) is 11.5 Å². The highest BCUT2D eigenvalue weighted by atomic mass is 32.1. The number of anilines is 1. The van der Waals surface area contributed by atoms with Crippen molar-refractivity contribution in [1.29, 1.82) is 0 Å². The van der Waals surface area contributed by atoms with Crippen molar-refractivity contribution in [1.82, 2.24) is 19.8 Å². The Kier molecular flexibility index (Phi) is 8.45. The van der Waals surface area contributed by atoms with Crippen LogP contribution in [0.15, 0.2) is 78.2 Å². The molecule has 0 unspecified atom stereocenters. The van der Waals surface area contributed by atoms with E-state index in [0.717, 1.165) is 28.1 Å². The predicted octanol–water partition coefficient (Wildman–Crippen LogP) is 6.20. The molecule has 0 spiro atoms. The number of rotatable bonds is 8. The predicted molar refractivity (Wildman–Crippen MR) is 147 cm³/mol. The number of halogens is 3. The number of aromatic nitrogens is 3. The number of hydrazone groups is 1. The summed E-state index contributed by atoms with van der Waals surface area (Å²) in [6.45, 7) is 4.49. The van der Waals surface area contributed by atoms with Gasteiger partial charge in [0.05, 0.1) is 19.0 Å². The van der Waals surface area contributed by atoms with E-state index in [1.165, 1.54) is 35.3 Å². The van der Waals surface area contributed by atoms with Crippen LogP contribution in [0.2, 0.25) is 0 Å². The zero-order valence-electron chi connectivity index (χ0n) is 21.3. The molecule has 202 valence electrons. The summed E-state index contributed by atoms with van der Waals surface area (Å²) >= 11 is 5.54. The Labute approximate surface area is 228 Å². The minimum absolute atomic E-state index is 0.308. The van der Waals surface area contributed by atoms with E-state index >= 15 is 0 Å². The third-order valence-electron chi connectivity index (χ3n) is 5.55. The first kappa shape index (κ1) is 27.6. The van der Waals surface area contributed by atoms with E-state index in [1.54, 1.807) is 18.3 Å². The van der Waals surface area contributed by atoms with Crippen molar-refractivity contribution < 1.29 is 22.6 Å². The highest BCUT2D eigenvalue weighted by Gasteiger charge is 2.31. The summed E-state index contributed by atoms with van der Waals surface area (Å²) < 4.78 is 47.7. The molecule has 1 heterocycles. The van der Waals surface area contributed by atoms with Gasteiger partial charge in [-0.05, 0) is 79.7 Å². The molecule has 0 saturated heterocycles. The zero-order chi connectivity index (χ0) is 28.0. The fraction of sp³-hybridized carbons (Fsp3) is 0.185. The van der Waals surface area contributed by atoms with Crippen molar-refractivity contribution in [3.63, 3.8) is 0 Å². The Balaban J connectivity index is 1.39. The molecule has 4 aromatic rings. The van der Waals surface area contributed by atoms with Crippen LogP contribution in [0.25, 0.3) is 17.1 Å². The van der Waals surface area contributed by atoms with Gasteiger partial charge in [-0.3, -0.25) is 0 Å². The topological polar surface area (TPSA) is 76.8 Å². The first-order valence-electron chi connectivity index (χ1n) is 11.8.